The molecule has 0 unspecified atom stereocenters. The fraction of sp³-hybridized carbons (Fsp3) is 1.00. The molecule has 0 amide bonds. The van der Waals surface area contributed by atoms with Gasteiger partial charge in [0, 0.05) is 0 Å². The molecule has 0 aliphatic rings. The first-order valence-electron chi connectivity index (χ1n) is 2.80. The average molecular weight is 262 g/mol. The molecule has 0 atom stereocenters. The molecule has 0 aromatic heterocycles. The van der Waals surface area contributed by atoms with Crippen molar-refractivity contribution in [3.63, 3.8) is 0 Å². The molecule has 0 aromatic rings. The van der Waals surface area contributed by atoms with Gasteiger partial charge >= 0.3 is 65.7 Å². The van der Waals surface area contributed by atoms with E-state index in [0.29, 0.717) is 0 Å². The molecule has 3 heteroatoms. The van der Waals surface area contributed by atoms with Gasteiger partial charge < -0.3 is 0 Å². The Morgan fingerprint density at radius 1 is 1.25 bits per heavy atom. The summed E-state index contributed by atoms with van der Waals surface area (Å²) < 4.78 is 3.00. The molecule has 0 spiro atoms. The van der Waals surface area contributed by atoms with Crippen molar-refractivity contribution in [3.8, 4) is 0 Å². The van der Waals surface area contributed by atoms with Gasteiger partial charge in [0.2, 0.25) is 0 Å². The summed E-state index contributed by atoms with van der Waals surface area (Å²) in [5.74, 6) is 0. The van der Waals surface area contributed by atoms with E-state index in [-0.39, 0.29) is 0 Å². The van der Waals surface area contributed by atoms with E-state index in [9.17, 15) is 0 Å². The zero-order valence-electron chi connectivity index (χ0n) is 5.38. The summed E-state index contributed by atoms with van der Waals surface area (Å²) in [7, 11) is 0. The van der Waals surface area contributed by atoms with Crippen molar-refractivity contribution in [1.29, 1.82) is 0 Å². The molecule has 0 nitrogen and oxygen atoms in total. The zero-order chi connectivity index (χ0) is 6.62. The normalized spacial score (nSPS) is 12.0. The minimum absolute atomic E-state index is 0.870. The van der Waals surface area contributed by atoms with Crippen molar-refractivity contribution in [2.24, 2.45) is 0 Å². The van der Waals surface area contributed by atoms with E-state index in [1.54, 1.807) is 0 Å². The van der Waals surface area contributed by atoms with Gasteiger partial charge in [-0.2, -0.15) is 0 Å². The molecule has 8 heavy (non-hydrogen) atoms. The van der Waals surface area contributed by atoms with Gasteiger partial charge in [0.15, 0.2) is 0 Å². The Hall–Kier alpha value is 1.38. The third-order valence-corrected chi connectivity index (χ3v) is 18.7. The minimum atomic E-state index is -1.80. The van der Waals surface area contributed by atoms with E-state index in [0.717, 1.165) is 7.79 Å². The first-order chi connectivity index (χ1) is 3.68. The van der Waals surface area contributed by atoms with Crippen LogP contribution >= 0.6 is 23.2 Å². The van der Waals surface area contributed by atoms with Crippen molar-refractivity contribution in [2.75, 3.05) is 7.79 Å². The van der Waals surface area contributed by atoms with Crippen LogP contribution in [0.4, 0.5) is 0 Å². The van der Waals surface area contributed by atoms with Gasteiger partial charge in [-0.3, -0.25) is 0 Å². The molecule has 0 radical (unpaired) electrons. The van der Waals surface area contributed by atoms with Gasteiger partial charge in [-0.05, 0) is 0 Å². The van der Waals surface area contributed by atoms with Crippen LogP contribution in [-0.4, -0.2) is 26.2 Å². The Labute approximate surface area is 65.4 Å². The number of halogens is 2. The van der Waals surface area contributed by atoms with Crippen LogP contribution in [0.5, 0.6) is 0 Å². The van der Waals surface area contributed by atoms with Crippen LogP contribution in [0.25, 0.3) is 0 Å². The fourth-order valence-corrected chi connectivity index (χ4v) is 5.96. The molecule has 0 rings (SSSR count). The second-order valence-corrected chi connectivity index (χ2v) is 19.9. The van der Waals surface area contributed by atoms with Crippen LogP contribution in [0.1, 0.15) is 6.92 Å². The maximum absolute atomic E-state index is 5.72. The molecule has 0 saturated carbocycles. The van der Waals surface area contributed by atoms with Crippen LogP contribution in [0.15, 0.2) is 0 Å². The third kappa shape index (κ3) is 2.79. The van der Waals surface area contributed by atoms with Gasteiger partial charge in [0.1, 0.15) is 0 Å². The van der Waals surface area contributed by atoms with Gasteiger partial charge in [0.25, 0.3) is 0 Å². The molecule has 0 fully saturated rings. The van der Waals surface area contributed by atoms with E-state index < -0.39 is 18.4 Å². The van der Waals surface area contributed by atoms with Crippen LogP contribution in [-0.2, 0) is 0 Å². The first kappa shape index (κ1) is 9.38. The summed E-state index contributed by atoms with van der Waals surface area (Å²) in [5, 5.41) is 0. The predicted molar refractivity (Wildman–Crippen MR) is 43.5 cm³/mol. The van der Waals surface area contributed by atoms with Gasteiger partial charge in [-0.15, -0.1) is 0 Å². The summed E-state index contributed by atoms with van der Waals surface area (Å²) >= 11 is 9.63. The van der Waals surface area contributed by atoms with Crippen molar-refractivity contribution >= 4 is 41.6 Å². The number of rotatable bonds is 3. The topological polar surface area (TPSA) is 0 Å². The summed E-state index contributed by atoms with van der Waals surface area (Å²) in [6, 6.07) is 0. The molecular weight excluding hydrogens is 250 g/mol. The van der Waals surface area contributed by atoms with E-state index in [2.05, 4.69) is 11.9 Å². The average Bonchev–Trinajstić information content (AvgIpc) is 1.87. The Morgan fingerprint density at radius 3 is 1.62 bits per heavy atom. The van der Waals surface area contributed by atoms with E-state index in [1.165, 1.54) is 4.44 Å². The molecule has 0 N–H and O–H groups in total. The number of hydrogen-bond donors (Lipinski definition) is 0. The Morgan fingerprint density at radius 2 is 1.62 bits per heavy atom. The van der Waals surface area contributed by atoms with E-state index >= 15 is 0 Å². The molecule has 0 aromatic carbocycles. The van der Waals surface area contributed by atoms with E-state index in [1.807, 2.05) is 0 Å². The maximum atomic E-state index is 5.72. The predicted octanol–water partition coefficient (Wildman–Crippen LogP) is 2.64. The Kier molecular flexibility index (Phi) is 4.96. The van der Waals surface area contributed by atoms with Gasteiger partial charge in [-0.1, -0.05) is 0 Å². The second-order valence-electron chi connectivity index (χ2n) is 2.43. The SMILES string of the molecule is C[CH2][Sn]([CH3])([CH2]Cl)[CH2]Cl. The first-order valence-corrected chi connectivity index (χ1v) is 12.8. The number of hydrogen-bond acceptors (Lipinski definition) is 0. The molecule has 50 valence electrons. The Balaban J connectivity index is 3.58. The van der Waals surface area contributed by atoms with Crippen molar-refractivity contribution in [3.05, 3.63) is 0 Å². The Bertz CT molecular complexity index is 53.2. The summed E-state index contributed by atoms with van der Waals surface area (Å²) in [5.41, 5.74) is 0. The molecule has 0 saturated heterocycles. The summed E-state index contributed by atoms with van der Waals surface area (Å²) in [6.45, 7) is 2.20. The third-order valence-electron chi connectivity index (χ3n) is 1.50. The zero-order valence-corrected chi connectivity index (χ0v) is 9.74. The van der Waals surface area contributed by atoms with Crippen LogP contribution < -0.4 is 0 Å². The molecular formula is C5H12Cl2Sn. The van der Waals surface area contributed by atoms with Crippen molar-refractivity contribution in [2.45, 2.75) is 16.3 Å². The summed E-state index contributed by atoms with van der Waals surface area (Å²) in [4.78, 5) is 2.30. The molecule has 0 heterocycles. The molecule has 0 aliphatic heterocycles. The standard InChI is InChI=1S/C2H5.2CH2Cl.CH3.Sn/c3*1-2;;/h1H2,2H3;2*1H2;1H3;. The number of alkyl halides is 2. The summed E-state index contributed by atoms with van der Waals surface area (Å²) in [6.07, 6.45) is 0. The van der Waals surface area contributed by atoms with Gasteiger partial charge in [-0.25, -0.2) is 0 Å². The van der Waals surface area contributed by atoms with Crippen LogP contribution in [0.2, 0.25) is 9.38 Å². The van der Waals surface area contributed by atoms with Crippen LogP contribution in [0, 0.1) is 0 Å². The second kappa shape index (κ2) is 4.23. The van der Waals surface area contributed by atoms with Gasteiger partial charge in [0.05, 0.1) is 0 Å². The van der Waals surface area contributed by atoms with Crippen molar-refractivity contribution in [1.82, 2.24) is 0 Å². The van der Waals surface area contributed by atoms with Crippen molar-refractivity contribution < 1.29 is 0 Å². The molecule has 0 bridgehead atoms. The quantitative estimate of drug-likeness (QED) is 0.541. The van der Waals surface area contributed by atoms with E-state index in [4.69, 9.17) is 23.2 Å². The monoisotopic (exact) mass is 262 g/mol. The molecule has 0 aliphatic carbocycles. The fourth-order valence-electron chi connectivity index (χ4n) is 0.225. The van der Waals surface area contributed by atoms with Crippen LogP contribution in [0.3, 0.4) is 0 Å².